The first kappa shape index (κ1) is 17.7. The highest BCUT2D eigenvalue weighted by molar-refractivity contribution is 6.74. The van der Waals surface area contributed by atoms with E-state index in [9.17, 15) is 9.59 Å². The molecule has 0 saturated carbocycles. The largest absolute Gasteiger partial charge is 0.466 e. The third-order valence-corrected chi connectivity index (χ3v) is 8.53. The zero-order valence-electron chi connectivity index (χ0n) is 13.6. The van der Waals surface area contributed by atoms with Gasteiger partial charge in [-0.25, -0.2) is 9.59 Å². The van der Waals surface area contributed by atoms with Crippen molar-refractivity contribution in [1.29, 1.82) is 0 Å². The summed E-state index contributed by atoms with van der Waals surface area (Å²) in [5, 5.41) is 2.77. The average Bonchev–Trinajstić information content (AvgIpc) is 2.75. The maximum absolute atomic E-state index is 11.4. The number of methoxy groups -OCH3 is 1. The van der Waals surface area contributed by atoms with E-state index < -0.39 is 25.9 Å². The van der Waals surface area contributed by atoms with Gasteiger partial charge in [-0.2, -0.15) is 0 Å². The van der Waals surface area contributed by atoms with E-state index in [0.29, 0.717) is 0 Å². The number of amides is 1. The number of nitrogens with one attached hydrogen (secondary N) is 1. The molecule has 1 aliphatic rings. The fourth-order valence-electron chi connectivity index (χ4n) is 1.51. The molecule has 1 aliphatic heterocycles. The van der Waals surface area contributed by atoms with E-state index in [0.717, 1.165) is 0 Å². The van der Waals surface area contributed by atoms with Crippen LogP contribution in [0.15, 0.2) is 12.2 Å². The first-order chi connectivity index (χ1) is 9.51. The molecular weight excluding hydrogens is 290 g/mol. The smallest absolute Gasteiger partial charge is 0.408 e. The fraction of sp³-hybridized carbons (Fsp3) is 0.714. The Balaban J connectivity index is 2.83. The Morgan fingerprint density at radius 1 is 1.48 bits per heavy atom. The van der Waals surface area contributed by atoms with Crippen molar-refractivity contribution in [2.24, 2.45) is 0 Å². The Morgan fingerprint density at radius 3 is 2.52 bits per heavy atom. The van der Waals surface area contributed by atoms with E-state index in [4.69, 9.17) is 9.16 Å². The summed E-state index contributed by atoms with van der Waals surface area (Å²) in [5.74, 6) is -0.483. The van der Waals surface area contributed by atoms with Crippen LogP contribution in [0.1, 0.15) is 20.8 Å². The Morgan fingerprint density at radius 2 is 2.10 bits per heavy atom. The number of ether oxygens (including phenoxy) is 2. The van der Waals surface area contributed by atoms with Gasteiger partial charge in [0.05, 0.1) is 13.7 Å². The van der Waals surface area contributed by atoms with E-state index in [1.54, 1.807) is 6.08 Å². The van der Waals surface area contributed by atoms with Crippen molar-refractivity contribution in [1.82, 2.24) is 5.32 Å². The van der Waals surface area contributed by atoms with Crippen LogP contribution in [0.5, 0.6) is 0 Å². The van der Waals surface area contributed by atoms with Gasteiger partial charge < -0.3 is 19.2 Å². The quantitative estimate of drug-likeness (QED) is 0.478. The minimum Gasteiger partial charge on any atom is -0.466 e. The van der Waals surface area contributed by atoms with Crippen molar-refractivity contribution in [2.45, 2.75) is 44.4 Å². The van der Waals surface area contributed by atoms with Crippen LogP contribution in [0, 0.1) is 0 Å². The first-order valence-corrected chi connectivity index (χ1v) is 9.78. The average molecular weight is 315 g/mol. The van der Waals surface area contributed by atoms with Crippen LogP contribution in [0.4, 0.5) is 4.79 Å². The predicted octanol–water partition coefficient (Wildman–Crippen LogP) is 2.22. The minimum atomic E-state index is -1.96. The summed E-state index contributed by atoms with van der Waals surface area (Å²) in [6.45, 7) is 11.1. The molecule has 1 rings (SSSR count). The molecule has 1 saturated heterocycles. The van der Waals surface area contributed by atoms with Crippen molar-refractivity contribution in [3.63, 3.8) is 0 Å². The molecule has 0 unspecified atom stereocenters. The Bertz CT molecular complexity index is 441. The first-order valence-electron chi connectivity index (χ1n) is 6.87. The molecule has 21 heavy (non-hydrogen) atoms. The third kappa shape index (κ3) is 4.57. The van der Waals surface area contributed by atoms with Crippen molar-refractivity contribution in [3.05, 3.63) is 12.2 Å². The zero-order chi connectivity index (χ0) is 16.3. The second-order valence-corrected chi connectivity index (χ2v) is 11.6. The van der Waals surface area contributed by atoms with E-state index in [1.807, 2.05) is 0 Å². The molecule has 1 heterocycles. The second kappa shape index (κ2) is 6.19. The topological polar surface area (TPSA) is 73.9 Å². The summed E-state index contributed by atoms with van der Waals surface area (Å²) in [5.41, 5.74) is -0.819. The van der Waals surface area contributed by atoms with Crippen LogP contribution in [-0.4, -0.2) is 46.2 Å². The molecule has 120 valence electrons. The van der Waals surface area contributed by atoms with Gasteiger partial charge in [0.2, 0.25) is 0 Å². The molecule has 0 aliphatic carbocycles. The van der Waals surface area contributed by atoms with Gasteiger partial charge in [-0.1, -0.05) is 20.8 Å². The number of cyclic esters (lactones) is 1. The molecule has 7 heteroatoms. The molecule has 1 N–H and O–H groups in total. The van der Waals surface area contributed by atoms with E-state index >= 15 is 0 Å². The van der Waals surface area contributed by atoms with Crippen LogP contribution >= 0.6 is 0 Å². The highest BCUT2D eigenvalue weighted by Gasteiger charge is 2.43. The lowest BCUT2D eigenvalue weighted by molar-refractivity contribution is -0.134. The van der Waals surface area contributed by atoms with Crippen molar-refractivity contribution >= 4 is 20.4 Å². The van der Waals surface area contributed by atoms with Gasteiger partial charge in [-0.15, -0.1) is 0 Å². The molecular formula is C14H25NO5Si. The monoisotopic (exact) mass is 315 g/mol. The van der Waals surface area contributed by atoms with Crippen molar-refractivity contribution in [3.8, 4) is 0 Å². The SMILES string of the molecule is COC(=O)/C=C/[C@@]1(CO[Si](C)(C)C(C)(C)C)COC(=O)N1. The van der Waals surface area contributed by atoms with Gasteiger partial charge in [-0.3, -0.25) is 0 Å². The molecule has 1 amide bonds. The molecule has 0 bridgehead atoms. The normalized spacial score (nSPS) is 23.0. The lowest BCUT2D eigenvalue weighted by atomic mass is 10.0. The lowest BCUT2D eigenvalue weighted by Crippen LogP contribution is -2.51. The lowest BCUT2D eigenvalue weighted by Gasteiger charge is -2.38. The summed E-state index contributed by atoms with van der Waals surface area (Å²) in [6, 6.07) is 0. The van der Waals surface area contributed by atoms with Gasteiger partial charge in [0.15, 0.2) is 8.32 Å². The molecule has 1 fully saturated rings. The van der Waals surface area contributed by atoms with E-state index in [-0.39, 0.29) is 18.3 Å². The van der Waals surface area contributed by atoms with Gasteiger partial charge in [0.25, 0.3) is 0 Å². The predicted molar refractivity (Wildman–Crippen MR) is 81.5 cm³/mol. The number of carbonyl (C=O) groups excluding carboxylic acids is 2. The maximum atomic E-state index is 11.4. The molecule has 1 atom stereocenters. The summed E-state index contributed by atoms with van der Waals surface area (Å²) in [7, 11) is -0.662. The number of rotatable bonds is 5. The molecule has 0 radical (unpaired) electrons. The number of esters is 1. The second-order valence-electron chi connectivity index (χ2n) is 6.76. The molecule has 0 aromatic carbocycles. The molecule has 0 spiro atoms. The van der Waals surface area contributed by atoms with E-state index in [2.05, 4.69) is 43.9 Å². The summed E-state index contributed by atoms with van der Waals surface area (Å²) in [4.78, 5) is 22.6. The van der Waals surface area contributed by atoms with Crippen molar-refractivity contribution in [2.75, 3.05) is 20.3 Å². The van der Waals surface area contributed by atoms with Gasteiger partial charge in [0, 0.05) is 6.08 Å². The Hall–Kier alpha value is -1.34. The van der Waals surface area contributed by atoms with Crippen LogP contribution in [0.25, 0.3) is 0 Å². The van der Waals surface area contributed by atoms with Crippen LogP contribution < -0.4 is 5.32 Å². The molecule has 6 nitrogen and oxygen atoms in total. The maximum Gasteiger partial charge on any atom is 0.408 e. The Labute approximate surface area is 127 Å². The fourth-order valence-corrected chi connectivity index (χ4v) is 2.56. The molecule has 0 aromatic rings. The zero-order valence-corrected chi connectivity index (χ0v) is 14.6. The highest BCUT2D eigenvalue weighted by atomic mass is 28.4. The van der Waals surface area contributed by atoms with E-state index in [1.165, 1.54) is 13.2 Å². The number of alkyl carbamates (subject to hydrolysis) is 1. The van der Waals surface area contributed by atoms with Crippen LogP contribution in [-0.2, 0) is 18.7 Å². The highest BCUT2D eigenvalue weighted by Crippen LogP contribution is 2.37. The third-order valence-electron chi connectivity index (χ3n) is 4.05. The summed E-state index contributed by atoms with van der Waals surface area (Å²) in [6.07, 6.45) is 2.35. The van der Waals surface area contributed by atoms with Crippen molar-refractivity contribution < 1.29 is 23.5 Å². The van der Waals surface area contributed by atoms with Gasteiger partial charge >= 0.3 is 12.1 Å². The standard InChI is InChI=1S/C14H25NO5Si/c1-13(2,3)21(5,6)20-10-14(8-7-11(16)18-4)9-19-12(17)15-14/h7-8H,9-10H2,1-6H3,(H,15,17)/b8-7+/t14-/m0/s1. The molecule has 0 aromatic heterocycles. The number of hydrogen-bond acceptors (Lipinski definition) is 5. The summed E-state index contributed by atoms with van der Waals surface area (Å²) < 4.78 is 15.7. The van der Waals surface area contributed by atoms with Gasteiger partial charge in [-0.05, 0) is 24.2 Å². The van der Waals surface area contributed by atoms with Crippen LogP contribution in [0.3, 0.4) is 0 Å². The minimum absolute atomic E-state index is 0.0592. The summed E-state index contributed by atoms with van der Waals surface area (Å²) >= 11 is 0. The number of hydrogen-bond donors (Lipinski definition) is 1. The Kier molecular flexibility index (Phi) is 5.22. The number of carbonyl (C=O) groups is 2. The van der Waals surface area contributed by atoms with Crippen LogP contribution in [0.2, 0.25) is 18.1 Å². The van der Waals surface area contributed by atoms with Gasteiger partial charge in [0.1, 0.15) is 12.1 Å².